The van der Waals surface area contributed by atoms with Gasteiger partial charge in [0.05, 0.1) is 6.04 Å². The lowest BCUT2D eigenvalue weighted by atomic mass is 9.79. The molecule has 1 fully saturated rings. The molecule has 1 N–H and O–H groups in total. The molecule has 3 rings (SSSR count). The van der Waals surface area contributed by atoms with Gasteiger partial charge in [-0.3, -0.25) is 0 Å². The number of nitrogens with one attached hydrogen (secondary N) is 1. The first-order valence-electron chi connectivity index (χ1n) is 7.38. The third kappa shape index (κ3) is 2.30. The second-order valence-electron chi connectivity index (χ2n) is 6.17. The van der Waals surface area contributed by atoms with Gasteiger partial charge in [0, 0.05) is 12.6 Å². The highest BCUT2D eigenvalue weighted by Crippen LogP contribution is 2.31. The molecule has 4 atom stereocenters. The van der Waals surface area contributed by atoms with Gasteiger partial charge in [-0.1, -0.05) is 13.8 Å². The predicted octanol–water partition coefficient (Wildman–Crippen LogP) is 2.53. The number of hydrogen-bond donors (Lipinski definition) is 1. The molecule has 1 saturated carbocycles. The van der Waals surface area contributed by atoms with E-state index >= 15 is 0 Å². The number of fused-ring (bicyclic) bond motifs is 1. The van der Waals surface area contributed by atoms with E-state index in [2.05, 4.69) is 33.9 Å². The quantitative estimate of drug-likeness (QED) is 0.874. The van der Waals surface area contributed by atoms with Crippen LogP contribution in [0, 0.1) is 11.8 Å². The average Bonchev–Trinajstić information content (AvgIpc) is 2.83. The minimum absolute atomic E-state index is 0.423. The number of rotatable bonds is 2. The van der Waals surface area contributed by atoms with Gasteiger partial charge in [-0.2, -0.15) is 5.10 Å². The molecule has 2 heterocycles. The molecule has 100 valence electrons. The maximum atomic E-state index is 4.43. The van der Waals surface area contributed by atoms with Crippen LogP contribution in [0.2, 0.25) is 0 Å². The molecule has 0 bridgehead atoms. The Morgan fingerprint density at radius 3 is 2.94 bits per heavy atom. The summed E-state index contributed by atoms with van der Waals surface area (Å²) in [6, 6.07) is 1.09. The first-order valence-corrected chi connectivity index (χ1v) is 7.38. The van der Waals surface area contributed by atoms with Crippen LogP contribution in [0.5, 0.6) is 0 Å². The summed E-state index contributed by atoms with van der Waals surface area (Å²) in [5.74, 6) is 2.88. The summed E-state index contributed by atoms with van der Waals surface area (Å²) in [5.41, 5.74) is 0. The van der Waals surface area contributed by atoms with E-state index in [0.29, 0.717) is 12.1 Å². The lowest BCUT2D eigenvalue weighted by molar-refractivity contribution is 0.204. The van der Waals surface area contributed by atoms with Gasteiger partial charge < -0.3 is 5.32 Å². The zero-order chi connectivity index (χ0) is 12.5. The SMILES string of the molecule is C[C@@H]1CC[C@H](N[C@H]2CCCn3ncnc32)C[C@H]1C. The fraction of sp³-hybridized carbons (Fsp3) is 0.857. The summed E-state index contributed by atoms with van der Waals surface area (Å²) >= 11 is 0. The zero-order valence-corrected chi connectivity index (χ0v) is 11.5. The van der Waals surface area contributed by atoms with Crippen molar-refractivity contribution in [3.05, 3.63) is 12.2 Å². The fourth-order valence-electron chi connectivity index (χ4n) is 3.43. The van der Waals surface area contributed by atoms with E-state index in [1.807, 2.05) is 0 Å². The van der Waals surface area contributed by atoms with Crippen LogP contribution < -0.4 is 5.32 Å². The van der Waals surface area contributed by atoms with Crippen molar-refractivity contribution in [3.8, 4) is 0 Å². The third-order valence-electron chi connectivity index (χ3n) is 4.85. The highest BCUT2D eigenvalue weighted by Gasteiger charge is 2.29. The second-order valence-corrected chi connectivity index (χ2v) is 6.17. The molecule has 0 aromatic carbocycles. The van der Waals surface area contributed by atoms with Gasteiger partial charge in [-0.25, -0.2) is 9.67 Å². The van der Waals surface area contributed by atoms with Crippen LogP contribution in [0.25, 0.3) is 0 Å². The molecule has 0 saturated heterocycles. The van der Waals surface area contributed by atoms with Gasteiger partial charge in [0.25, 0.3) is 0 Å². The average molecular weight is 248 g/mol. The van der Waals surface area contributed by atoms with Crippen molar-refractivity contribution in [2.75, 3.05) is 0 Å². The second kappa shape index (κ2) is 5.00. The van der Waals surface area contributed by atoms with E-state index in [1.165, 1.54) is 32.1 Å². The van der Waals surface area contributed by atoms with Crippen molar-refractivity contribution in [3.63, 3.8) is 0 Å². The minimum atomic E-state index is 0.423. The van der Waals surface area contributed by atoms with Gasteiger partial charge in [-0.05, 0) is 43.9 Å². The highest BCUT2D eigenvalue weighted by atomic mass is 15.3. The number of nitrogens with zero attached hydrogens (tertiary/aromatic N) is 3. The minimum Gasteiger partial charge on any atom is -0.304 e. The van der Waals surface area contributed by atoms with Crippen LogP contribution in [0.3, 0.4) is 0 Å². The molecule has 0 radical (unpaired) electrons. The van der Waals surface area contributed by atoms with Gasteiger partial charge in [0.1, 0.15) is 12.2 Å². The Hall–Kier alpha value is -0.900. The zero-order valence-electron chi connectivity index (χ0n) is 11.5. The molecule has 18 heavy (non-hydrogen) atoms. The molecule has 2 aliphatic rings. The Morgan fingerprint density at radius 1 is 1.22 bits per heavy atom. The van der Waals surface area contributed by atoms with Crippen molar-refractivity contribution in [1.29, 1.82) is 0 Å². The van der Waals surface area contributed by atoms with E-state index < -0.39 is 0 Å². The summed E-state index contributed by atoms with van der Waals surface area (Å²) in [6.45, 7) is 5.81. The normalized spacial score (nSPS) is 36.3. The molecule has 0 spiro atoms. The maximum absolute atomic E-state index is 4.43. The Kier molecular flexibility index (Phi) is 3.37. The Morgan fingerprint density at radius 2 is 2.11 bits per heavy atom. The topological polar surface area (TPSA) is 42.7 Å². The van der Waals surface area contributed by atoms with Gasteiger partial charge in [0.15, 0.2) is 0 Å². The van der Waals surface area contributed by atoms with E-state index in [-0.39, 0.29) is 0 Å². The molecule has 1 aromatic rings. The van der Waals surface area contributed by atoms with Crippen molar-refractivity contribution in [1.82, 2.24) is 20.1 Å². The summed E-state index contributed by atoms with van der Waals surface area (Å²) in [7, 11) is 0. The standard InChI is InChI=1S/C14H24N4/c1-10-5-6-12(8-11(10)2)17-13-4-3-7-18-14(13)15-9-16-18/h9-13,17H,3-8H2,1-2H3/t10-,11-,12+,13+/m1/s1. The van der Waals surface area contributed by atoms with Crippen molar-refractivity contribution >= 4 is 0 Å². The first-order chi connectivity index (χ1) is 8.74. The molecule has 1 aliphatic carbocycles. The number of aryl methyl sites for hydroxylation is 1. The lowest BCUT2D eigenvalue weighted by Crippen LogP contribution is -2.40. The Bertz CT molecular complexity index is 400. The van der Waals surface area contributed by atoms with E-state index in [4.69, 9.17) is 0 Å². The van der Waals surface area contributed by atoms with E-state index in [9.17, 15) is 0 Å². The molecule has 1 aliphatic heterocycles. The largest absolute Gasteiger partial charge is 0.304 e. The third-order valence-corrected chi connectivity index (χ3v) is 4.85. The smallest absolute Gasteiger partial charge is 0.143 e. The first kappa shape index (κ1) is 12.2. The van der Waals surface area contributed by atoms with Gasteiger partial charge in [-0.15, -0.1) is 0 Å². The summed E-state index contributed by atoms with van der Waals surface area (Å²) in [4.78, 5) is 4.43. The van der Waals surface area contributed by atoms with Crippen molar-refractivity contribution < 1.29 is 0 Å². The molecule has 0 amide bonds. The van der Waals surface area contributed by atoms with Crippen LogP contribution in [0.1, 0.15) is 57.8 Å². The van der Waals surface area contributed by atoms with Gasteiger partial charge in [0.2, 0.25) is 0 Å². The van der Waals surface area contributed by atoms with Crippen LogP contribution in [-0.2, 0) is 6.54 Å². The van der Waals surface area contributed by atoms with Crippen molar-refractivity contribution in [2.45, 2.75) is 64.6 Å². The summed E-state index contributed by atoms with van der Waals surface area (Å²) in [6.07, 6.45) is 8.10. The molecule has 4 heteroatoms. The fourth-order valence-corrected chi connectivity index (χ4v) is 3.43. The predicted molar refractivity (Wildman–Crippen MR) is 71.1 cm³/mol. The Labute approximate surface area is 109 Å². The van der Waals surface area contributed by atoms with Crippen LogP contribution in [0.15, 0.2) is 6.33 Å². The van der Waals surface area contributed by atoms with Crippen LogP contribution in [0.4, 0.5) is 0 Å². The van der Waals surface area contributed by atoms with Crippen LogP contribution in [-0.4, -0.2) is 20.8 Å². The van der Waals surface area contributed by atoms with E-state index in [1.54, 1.807) is 6.33 Å². The lowest BCUT2D eigenvalue weighted by Gasteiger charge is -2.35. The molecule has 1 aromatic heterocycles. The van der Waals surface area contributed by atoms with Crippen molar-refractivity contribution in [2.24, 2.45) is 11.8 Å². The summed E-state index contributed by atoms with van der Waals surface area (Å²) < 4.78 is 2.07. The van der Waals surface area contributed by atoms with Gasteiger partial charge >= 0.3 is 0 Å². The Balaban J connectivity index is 1.64. The molecular formula is C14H24N4. The molecular weight excluding hydrogens is 224 g/mol. The molecule has 4 nitrogen and oxygen atoms in total. The number of aromatic nitrogens is 3. The highest BCUT2D eigenvalue weighted by molar-refractivity contribution is 4.99. The van der Waals surface area contributed by atoms with E-state index in [0.717, 1.165) is 24.2 Å². The summed E-state index contributed by atoms with van der Waals surface area (Å²) in [5, 5.41) is 8.12. The molecule has 0 unspecified atom stereocenters. The number of hydrogen-bond acceptors (Lipinski definition) is 3. The monoisotopic (exact) mass is 248 g/mol. The maximum Gasteiger partial charge on any atom is 0.143 e. The van der Waals surface area contributed by atoms with Crippen LogP contribution >= 0.6 is 0 Å².